The second kappa shape index (κ2) is 8.40. The zero-order valence-electron chi connectivity index (χ0n) is 16.0. The summed E-state index contributed by atoms with van der Waals surface area (Å²) in [6.45, 7) is 0.435. The molecule has 0 saturated carbocycles. The van der Waals surface area contributed by atoms with Gasteiger partial charge in [-0.3, -0.25) is 14.6 Å². The summed E-state index contributed by atoms with van der Waals surface area (Å²) < 4.78 is 0. The second-order valence-electron chi connectivity index (χ2n) is 6.69. The topological polar surface area (TPSA) is 110 Å². The van der Waals surface area contributed by atoms with Gasteiger partial charge >= 0.3 is 0 Å². The van der Waals surface area contributed by atoms with Gasteiger partial charge in [0.05, 0.1) is 5.56 Å². The highest BCUT2D eigenvalue weighted by Crippen LogP contribution is 2.20. The van der Waals surface area contributed by atoms with E-state index in [0.29, 0.717) is 23.6 Å². The quantitative estimate of drug-likeness (QED) is 0.460. The number of nitrogens with one attached hydrogen (secondary N) is 2. The highest BCUT2D eigenvalue weighted by atomic mass is 16.2. The van der Waals surface area contributed by atoms with E-state index < -0.39 is 5.91 Å². The van der Waals surface area contributed by atoms with E-state index in [0.717, 1.165) is 16.3 Å². The monoisotopic (exact) mass is 397 g/mol. The van der Waals surface area contributed by atoms with Gasteiger partial charge in [0.2, 0.25) is 0 Å². The Labute approximate surface area is 173 Å². The molecular formula is C23H19N5O2. The van der Waals surface area contributed by atoms with Crippen LogP contribution < -0.4 is 16.4 Å². The van der Waals surface area contributed by atoms with Gasteiger partial charge in [-0.2, -0.15) is 0 Å². The molecule has 0 radical (unpaired) electrons. The normalized spacial score (nSPS) is 10.5. The minimum Gasteiger partial charge on any atom is -0.380 e. The Morgan fingerprint density at radius 2 is 1.63 bits per heavy atom. The Morgan fingerprint density at radius 1 is 0.867 bits per heavy atom. The first-order valence-electron chi connectivity index (χ1n) is 9.34. The fourth-order valence-corrected chi connectivity index (χ4v) is 3.04. The average molecular weight is 397 g/mol. The zero-order valence-corrected chi connectivity index (χ0v) is 16.0. The lowest BCUT2D eigenvalue weighted by Crippen LogP contribution is -2.16. The summed E-state index contributed by atoms with van der Waals surface area (Å²) in [7, 11) is 0. The standard InChI is InChI=1S/C23H19N5O2/c24-22(29)20-10-9-15(13-26-20)12-25-19-8-4-3-7-18(19)23(30)28-21-11-16-5-1-2-6-17(16)14-27-21/h1-11,13-14,25H,12H2,(H2,24,29)(H,27,28,30). The van der Waals surface area contributed by atoms with Crippen LogP contribution in [0.25, 0.3) is 10.8 Å². The number of anilines is 2. The van der Waals surface area contributed by atoms with E-state index in [4.69, 9.17) is 5.73 Å². The Bertz CT molecular complexity index is 1220. The SMILES string of the molecule is NC(=O)c1ccc(CNc2ccccc2C(=O)Nc2cc3ccccc3cn2)cn1. The lowest BCUT2D eigenvalue weighted by molar-refractivity contribution is 0.0993. The zero-order chi connectivity index (χ0) is 20.9. The van der Waals surface area contributed by atoms with Crippen molar-refractivity contribution in [2.24, 2.45) is 5.73 Å². The lowest BCUT2D eigenvalue weighted by atomic mass is 10.1. The van der Waals surface area contributed by atoms with Crippen molar-refractivity contribution in [1.82, 2.24) is 9.97 Å². The minimum atomic E-state index is -0.571. The number of rotatable bonds is 6. The summed E-state index contributed by atoms with van der Waals surface area (Å²) in [5.74, 6) is -0.346. The molecule has 0 atom stereocenters. The molecule has 7 nitrogen and oxygen atoms in total. The van der Waals surface area contributed by atoms with Crippen molar-refractivity contribution in [1.29, 1.82) is 0 Å². The van der Waals surface area contributed by atoms with Gasteiger partial charge in [0.15, 0.2) is 0 Å². The Hall–Kier alpha value is -4.26. The van der Waals surface area contributed by atoms with Crippen LogP contribution in [0.2, 0.25) is 0 Å². The fraction of sp³-hybridized carbons (Fsp3) is 0.0435. The van der Waals surface area contributed by atoms with E-state index in [2.05, 4.69) is 20.6 Å². The number of carbonyl (C=O) groups is 2. The van der Waals surface area contributed by atoms with Crippen molar-refractivity contribution in [2.45, 2.75) is 6.54 Å². The molecule has 4 aromatic rings. The van der Waals surface area contributed by atoms with E-state index in [1.165, 1.54) is 0 Å². The predicted octanol–water partition coefficient (Wildman–Crippen LogP) is 3.59. The molecule has 0 saturated heterocycles. The number of pyridine rings is 2. The van der Waals surface area contributed by atoms with E-state index in [1.54, 1.807) is 36.7 Å². The van der Waals surface area contributed by atoms with Gasteiger partial charge in [-0.1, -0.05) is 42.5 Å². The Morgan fingerprint density at radius 3 is 2.40 bits per heavy atom. The molecule has 2 heterocycles. The van der Waals surface area contributed by atoms with Crippen LogP contribution in [0, 0.1) is 0 Å². The number of primary amides is 1. The van der Waals surface area contributed by atoms with Gasteiger partial charge in [-0.15, -0.1) is 0 Å². The van der Waals surface area contributed by atoms with Crippen LogP contribution in [-0.2, 0) is 6.54 Å². The van der Waals surface area contributed by atoms with Crippen LogP contribution in [0.15, 0.2) is 79.1 Å². The van der Waals surface area contributed by atoms with Gasteiger partial charge in [0, 0.05) is 30.0 Å². The molecule has 148 valence electrons. The number of hydrogen-bond acceptors (Lipinski definition) is 5. The average Bonchev–Trinajstić information content (AvgIpc) is 2.78. The van der Waals surface area contributed by atoms with Gasteiger partial charge in [0.25, 0.3) is 11.8 Å². The highest BCUT2D eigenvalue weighted by molar-refractivity contribution is 6.08. The third kappa shape index (κ3) is 4.25. The maximum Gasteiger partial charge on any atom is 0.267 e. The van der Waals surface area contributed by atoms with Gasteiger partial charge < -0.3 is 16.4 Å². The van der Waals surface area contributed by atoms with E-state index in [9.17, 15) is 9.59 Å². The maximum atomic E-state index is 12.8. The number of aromatic nitrogens is 2. The number of nitrogens with two attached hydrogens (primary N) is 1. The molecule has 4 rings (SSSR count). The molecule has 0 aliphatic carbocycles. The molecule has 2 aromatic heterocycles. The van der Waals surface area contributed by atoms with Crippen molar-refractivity contribution in [3.05, 3.63) is 95.9 Å². The van der Waals surface area contributed by atoms with Crippen molar-refractivity contribution in [2.75, 3.05) is 10.6 Å². The fourth-order valence-electron chi connectivity index (χ4n) is 3.04. The summed E-state index contributed by atoms with van der Waals surface area (Å²) in [5.41, 5.74) is 7.44. The number of para-hydroxylation sites is 1. The summed E-state index contributed by atoms with van der Waals surface area (Å²) in [4.78, 5) is 32.3. The molecule has 0 aliphatic heterocycles. The highest BCUT2D eigenvalue weighted by Gasteiger charge is 2.12. The molecular weight excluding hydrogens is 378 g/mol. The molecule has 0 spiro atoms. The minimum absolute atomic E-state index is 0.210. The van der Waals surface area contributed by atoms with Crippen LogP contribution in [0.3, 0.4) is 0 Å². The third-order valence-corrected chi connectivity index (χ3v) is 4.60. The van der Waals surface area contributed by atoms with Crippen molar-refractivity contribution in [3.63, 3.8) is 0 Å². The molecule has 0 aliphatic rings. The molecule has 0 fully saturated rings. The second-order valence-corrected chi connectivity index (χ2v) is 6.69. The number of amides is 2. The molecule has 0 bridgehead atoms. The largest absolute Gasteiger partial charge is 0.380 e. The van der Waals surface area contributed by atoms with Gasteiger partial charge in [0.1, 0.15) is 11.5 Å². The molecule has 0 unspecified atom stereocenters. The lowest BCUT2D eigenvalue weighted by Gasteiger charge is -2.12. The molecule has 30 heavy (non-hydrogen) atoms. The van der Waals surface area contributed by atoms with Crippen LogP contribution in [-0.4, -0.2) is 21.8 Å². The van der Waals surface area contributed by atoms with Gasteiger partial charge in [-0.05, 0) is 35.2 Å². The summed E-state index contributed by atoms with van der Waals surface area (Å²) >= 11 is 0. The Balaban J connectivity index is 1.48. The van der Waals surface area contributed by atoms with Crippen molar-refractivity contribution in [3.8, 4) is 0 Å². The van der Waals surface area contributed by atoms with Crippen LogP contribution in [0.5, 0.6) is 0 Å². The predicted molar refractivity (Wildman–Crippen MR) is 116 cm³/mol. The van der Waals surface area contributed by atoms with E-state index in [-0.39, 0.29) is 11.6 Å². The summed E-state index contributed by atoms with van der Waals surface area (Å²) in [6.07, 6.45) is 3.31. The van der Waals surface area contributed by atoms with Crippen LogP contribution in [0.4, 0.5) is 11.5 Å². The molecule has 2 amide bonds. The number of hydrogen-bond donors (Lipinski definition) is 3. The smallest absolute Gasteiger partial charge is 0.267 e. The number of carbonyl (C=O) groups excluding carboxylic acids is 2. The van der Waals surface area contributed by atoms with Crippen molar-refractivity contribution < 1.29 is 9.59 Å². The Kier molecular flexibility index (Phi) is 5.34. The van der Waals surface area contributed by atoms with E-state index >= 15 is 0 Å². The number of benzene rings is 2. The number of nitrogens with zero attached hydrogens (tertiary/aromatic N) is 2. The van der Waals surface area contributed by atoms with Crippen molar-refractivity contribution >= 4 is 34.1 Å². The summed E-state index contributed by atoms with van der Waals surface area (Å²) in [6, 6.07) is 20.2. The molecule has 7 heteroatoms. The van der Waals surface area contributed by atoms with Crippen LogP contribution >= 0.6 is 0 Å². The first kappa shape index (κ1) is 19.1. The first-order chi connectivity index (χ1) is 14.6. The van der Waals surface area contributed by atoms with Crippen LogP contribution in [0.1, 0.15) is 26.4 Å². The maximum absolute atomic E-state index is 12.8. The first-order valence-corrected chi connectivity index (χ1v) is 9.34. The third-order valence-electron chi connectivity index (χ3n) is 4.60. The molecule has 2 aromatic carbocycles. The van der Waals surface area contributed by atoms with E-state index in [1.807, 2.05) is 42.5 Å². The van der Waals surface area contributed by atoms with Gasteiger partial charge in [-0.25, -0.2) is 4.98 Å². The number of fused-ring (bicyclic) bond motifs is 1. The summed E-state index contributed by atoms with van der Waals surface area (Å²) in [5, 5.41) is 8.10. The molecule has 4 N–H and O–H groups in total.